The van der Waals surface area contributed by atoms with Crippen molar-refractivity contribution in [1.82, 2.24) is 0 Å². The van der Waals surface area contributed by atoms with E-state index in [2.05, 4.69) is 0 Å². The molecule has 0 aromatic carbocycles. The first-order valence-corrected chi connectivity index (χ1v) is 7.36. The van der Waals surface area contributed by atoms with Crippen LogP contribution in [0.15, 0.2) is 0 Å². The molecule has 0 saturated carbocycles. The summed E-state index contributed by atoms with van der Waals surface area (Å²) < 4.78 is 9.84. The monoisotopic (exact) mass is 268 g/mol. The van der Waals surface area contributed by atoms with E-state index in [0.717, 1.165) is 0 Å². The summed E-state index contributed by atoms with van der Waals surface area (Å²) in [4.78, 5) is 9.19. The molecular weight excluding hydrogens is 255 g/mol. The molecular formula is C4H11O3PTe. The van der Waals surface area contributed by atoms with Crippen LogP contribution in [0, 0.1) is 0 Å². The molecule has 0 aromatic rings. The van der Waals surface area contributed by atoms with Gasteiger partial charge in [0, 0.05) is 0 Å². The molecule has 0 atom stereocenters. The van der Waals surface area contributed by atoms with Crippen molar-refractivity contribution in [3.63, 3.8) is 0 Å². The van der Waals surface area contributed by atoms with Crippen LogP contribution in [0.3, 0.4) is 0 Å². The van der Waals surface area contributed by atoms with Crippen molar-refractivity contribution in [2.24, 2.45) is 0 Å². The molecule has 0 spiro atoms. The van der Waals surface area contributed by atoms with Crippen molar-refractivity contribution in [2.45, 2.75) is 13.8 Å². The molecule has 0 aliphatic rings. The molecule has 0 rings (SSSR count). The second kappa shape index (κ2) is 4.85. The first-order valence-electron chi connectivity index (χ1n) is 2.74. The quantitative estimate of drug-likeness (QED) is 0.606. The number of hydrogen-bond donors (Lipinski definition) is 1. The van der Waals surface area contributed by atoms with Crippen molar-refractivity contribution >= 4 is 26.4 Å². The Hall–Kier alpha value is 1.10. The van der Waals surface area contributed by atoms with Gasteiger partial charge in [0.05, 0.1) is 0 Å². The van der Waals surface area contributed by atoms with Crippen molar-refractivity contribution < 1.29 is 13.9 Å². The predicted octanol–water partition coefficient (Wildman–Crippen LogP) is 0.898. The minimum atomic E-state index is -2.43. The molecule has 0 aliphatic carbocycles. The van der Waals surface area contributed by atoms with Crippen molar-refractivity contribution in [3.8, 4) is 0 Å². The van der Waals surface area contributed by atoms with E-state index in [-0.39, 0.29) is 0 Å². The Bertz CT molecular complexity index is 106. The average Bonchev–Trinajstić information content (AvgIpc) is 1.64. The Balaban J connectivity index is 3.58. The zero-order valence-corrected chi connectivity index (χ0v) is 8.76. The zero-order chi connectivity index (χ0) is 7.33. The fourth-order valence-corrected chi connectivity index (χ4v) is 2.90. The van der Waals surface area contributed by atoms with E-state index in [0.29, 0.717) is 13.2 Å². The van der Waals surface area contributed by atoms with E-state index >= 15 is 0 Å². The summed E-state index contributed by atoms with van der Waals surface area (Å²) in [5.41, 5.74) is 0. The number of rotatable bonds is 4. The van der Waals surface area contributed by atoms with Crippen LogP contribution in [0.1, 0.15) is 13.8 Å². The molecule has 0 unspecified atom stereocenters. The van der Waals surface area contributed by atoms with Crippen LogP contribution in [0.4, 0.5) is 0 Å². The van der Waals surface area contributed by atoms with Crippen LogP contribution in [0.25, 0.3) is 0 Å². The van der Waals surface area contributed by atoms with E-state index in [1.54, 1.807) is 0 Å². The van der Waals surface area contributed by atoms with Gasteiger partial charge in [0.15, 0.2) is 0 Å². The van der Waals surface area contributed by atoms with Crippen LogP contribution < -0.4 is 0 Å². The molecule has 3 nitrogen and oxygen atoms in total. The van der Waals surface area contributed by atoms with Gasteiger partial charge in [-0.15, -0.1) is 0 Å². The maximum atomic E-state index is 9.19. The normalized spacial score (nSPS) is 11.9. The second-order valence-corrected chi connectivity index (χ2v) is 6.71. The van der Waals surface area contributed by atoms with Gasteiger partial charge in [-0.1, -0.05) is 0 Å². The summed E-state index contributed by atoms with van der Waals surface area (Å²) in [7, 11) is 0. The summed E-state index contributed by atoms with van der Waals surface area (Å²) in [6, 6.07) is 0. The maximum absolute atomic E-state index is 9.19. The van der Waals surface area contributed by atoms with Gasteiger partial charge in [-0.25, -0.2) is 0 Å². The van der Waals surface area contributed by atoms with Crippen LogP contribution in [-0.2, 0) is 9.05 Å². The van der Waals surface area contributed by atoms with E-state index in [4.69, 9.17) is 9.05 Å². The predicted molar refractivity (Wildman–Crippen MR) is 38.1 cm³/mol. The van der Waals surface area contributed by atoms with Crippen LogP contribution >= 0.6 is 5.17 Å². The molecule has 0 amide bonds. The second-order valence-electron chi connectivity index (χ2n) is 1.30. The van der Waals surface area contributed by atoms with Gasteiger partial charge >= 0.3 is 67.4 Å². The van der Waals surface area contributed by atoms with Crippen molar-refractivity contribution in [1.29, 1.82) is 0 Å². The fourth-order valence-electron chi connectivity index (χ4n) is 0.364. The first-order chi connectivity index (χ1) is 4.12. The van der Waals surface area contributed by atoms with E-state index in [9.17, 15) is 4.89 Å². The van der Waals surface area contributed by atoms with Gasteiger partial charge in [-0.05, 0) is 0 Å². The Labute approximate surface area is 67.6 Å². The van der Waals surface area contributed by atoms with Gasteiger partial charge < -0.3 is 0 Å². The third kappa shape index (κ3) is 5.54. The molecule has 0 fully saturated rings. The molecule has 0 heterocycles. The van der Waals surface area contributed by atoms with Gasteiger partial charge in [-0.2, -0.15) is 0 Å². The number of hydrogen-bond acceptors (Lipinski definition) is 3. The minimum absolute atomic E-state index is 0.503. The van der Waals surface area contributed by atoms with Gasteiger partial charge in [0.25, 0.3) is 0 Å². The summed E-state index contributed by atoms with van der Waals surface area (Å²) >= 11 is 1.51. The van der Waals surface area contributed by atoms with E-state index in [1.165, 1.54) is 21.2 Å². The van der Waals surface area contributed by atoms with Gasteiger partial charge in [-0.3, -0.25) is 0 Å². The van der Waals surface area contributed by atoms with Crippen molar-refractivity contribution in [3.05, 3.63) is 0 Å². The third-order valence-corrected chi connectivity index (χ3v) is 3.56. The first kappa shape index (κ1) is 10.1. The Morgan fingerprint density at radius 1 is 1.33 bits per heavy atom. The molecule has 1 N–H and O–H groups in total. The molecule has 56 valence electrons. The Kier molecular flexibility index (Phi) is 5.44. The Morgan fingerprint density at radius 3 is 1.89 bits per heavy atom. The summed E-state index contributed by atoms with van der Waals surface area (Å²) in [5.74, 6) is 0. The third-order valence-electron chi connectivity index (χ3n) is 0.584. The summed E-state index contributed by atoms with van der Waals surface area (Å²) in [5, 5.41) is -2.43. The van der Waals surface area contributed by atoms with Gasteiger partial charge in [0.2, 0.25) is 0 Å². The molecule has 0 aliphatic heterocycles. The van der Waals surface area contributed by atoms with E-state index in [1.807, 2.05) is 13.8 Å². The Morgan fingerprint density at radius 2 is 1.67 bits per heavy atom. The topological polar surface area (TPSA) is 38.7 Å². The van der Waals surface area contributed by atoms with E-state index < -0.39 is 5.17 Å². The van der Waals surface area contributed by atoms with Gasteiger partial charge in [0.1, 0.15) is 0 Å². The molecule has 0 radical (unpaired) electrons. The fraction of sp³-hybridized carbons (Fsp3) is 1.00. The molecule has 0 bridgehead atoms. The van der Waals surface area contributed by atoms with Crippen LogP contribution in [0.2, 0.25) is 0 Å². The molecule has 5 heteroatoms. The molecule has 0 aromatic heterocycles. The molecule has 0 saturated heterocycles. The standard InChI is InChI=1S/C4H11O3PTe/c1-3-6-8(5,9)7-4-2/h3-4H2,1-2H3,(H,5,9). The summed E-state index contributed by atoms with van der Waals surface area (Å²) in [6.07, 6.45) is 0. The molecule has 9 heavy (non-hydrogen) atoms. The van der Waals surface area contributed by atoms with Crippen molar-refractivity contribution in [2.75, 3.05) is 13.2 Å². The van der Waals surface area contributed by atoms with Crippen LogP contribution in [0.5, 0.6) is 0 Å². The summed E-state index contributed by atoms with van der Waals surface area (Å²) in [6.45, 7) is 4.66. The zero-order valence-electron chi connectivity index (χ0n) is 5.53. The van der Waals surface area contributed by atoms with Crippen LogP contribution in [-0.4, -0.2) is 39.3 Å². The average molecular weight is 266 g/mol. The SMILES string of the molecule is CCOP(O)(=[Te])OCC.